The molecule has 0 spiro atoms. The highest BCUT2D eigenvalue weighted by atomic mass is 32.1. The minimum Gasteiger partial charge on any atom is -0.368 e. The molecule has 0 saturated heterocycles. The summed E-state index contributed by atoms with van der Waals surface area (Å²) in [5.41, 5.74) is 0.196. The van der Waals surface area contributed by atoms with Gasteiger partial charge < -0.3 is 4.74 Å². The summed E-state index contributed by atoms with van der Waals surface area (Å²) in [6.07, 6.45) is 2.54. The molecule has 0 unspecified atom stereocenters. The van der Waals surface area contributed by atoms with Crippen molar-refractivity contribution in [2.24, 2.45) is 0 Å². The third-order valence-corrected chi connectivity index (χ3v) is 3.64. The second kappa shape index (κ2) is 5.37. The number of carbonyl (C=O) groups is 1. The number of hydrogen-bond donors (Lipinski definition) is 0. The fourth-order valence-electron chi connectivity index (χ4n) is 1.64. The van der Waals surface area contributed by atoms with Crippen LogP contribution in [0.3, 0.4) is 0 Å². The molecule has 3 nitrogen and oxygen atoms in total. The summed E-state index contributed by atoms with van der Waals surface area (Å²) in [6, 6.07) is 0. The zero-order valence-corrected chi connectivity index (χ0v) is 10.3. The Hall–Kier alpha value is -0.740. The van der Waals surface area contributed by atoms with Gasteiger partial charge >= 0.3 is 0 Å². The van der Waals surface area contributed by atoms with Crippen molar-refractivity contribution < 1.29 is 9.53 Å². The molecule has 0 atom stereocenters. The van der Waals surface area contributed by atoms with Crippen molar-refractivity contribution in [2.75, 3.05) is 6.61 Å². The molecule has 0 radical (unpaired) electrons. The van der Waals surface area contributed by atoms with Crippen LogP contribution in [-0.2, 0) is 10.3 Å². The zero-order chi connectivity index (χ0) is 11.3. The zero-order valence-electron chi connectivity index (χ0n) is 9.45. The Balaban J connectivity index is 3.01. The predicted octanol–water partition coefficient (Wildman–Crippen LogP) is 3.01. The van der Waals surface area contributed by atoms with Gasteiger partial charge in [-0.2, -0.15) is 0 Å². The van der Waals surface area contributed by atoms with E-state index in [2.05, 4.69) is 18.8 Å². The van der Waals surface area contributed by atoms with Crippen molar-refractivity contribution in [1.29, 1.82) is 0 Å². The quantitative estimate of drug-likeness (QED) is 0.701. The lowest BCUT2D eigenvalue weighted by Crippen LogP contribution is -2.28. The van der Waals surface area contributed by atoms with E-state index in [-0.39, 0.29) is 5.60 Å². The smallest absolute Gasteiger partial charge is 0.169 e. The Labute approximate surface area is 94.5 Å². The maximum absolute atomic E-state index is 10.6. The Kier molecular flexibility index (Phi) is 4.42. The molecule has 84 valence electrons. The molecule has 0 aliphatic rings. The van der Waals surface area contributed by atoms with Gasteiger partial charge in [0.15, 0.2) is 6.29 Å². The van der Waals surface area contributed by atoms with Gasteiger partial charge in [-0.05, 0) is 19.8 Å². The highest BCUT2D eigenvalue weighted by Crippen LogP contribution is 2.34. The van der Waals surface area contributed by atoms with E-state index >= 15 is 0 Å². The lowest BCUT2D eigenvalue weighted by atomic mass is 9.98. The first kappa shape index (κ1) is 12.3. The summed E-state index contributed by atoms with van der Waals surface area (Å²) in [5.74, 6) is 0. The number of hydrogen-bond acceptors (Lipinski definition) is 4. The minimum absolute atomic E-state index is 0.305. The van der Waals surface area contributed by atoms with E-state index in [1.54, 1.807) is 5.38 Å². The monoisotopic (exact) mass is 227 g/mol. The van der Waals surface area contributed by atoms with Crippen molar-refractivity contribution in [3.05, 3.63) is 16.1 Å². The molecule has 0 aromatic carbocycles. The van der Waals surface area contributed by atoms with Crippen LogP contribution in [0.5, 0.6) is 0 Å². The molecule has 0 fully saturated rings. The largest absolute Gasteiger partial charge is 0.368 e. The Morgan fingerprint density at radius 2 is 2.13 bits per heavy atom. The summed E-state index contributed by atoms with van der Waals surface area (Å²) < 4.78 is 5.80. The molecule has 0 saturated carbocycles. The molecule has 1 aromatic heterocycles. The topological polar surface area (TPSA) is 39.2 Å². The average Bonchev–Trinajstić information content (AvgIpc) is 2.75. The number of rotatable bonds is 6. The van der Waals surface area contributed by atoms with E-state index in [9.17, 15) is 4.79 Å². The van der Waals surface area contributed by atoms with Gasteiger partial charge in [-0.1, -0.05) is 13.8 Å². The lowest BCUT2D eigenvalue weighted by Gasteiger charge is -2.29. The van der Waals surface area contributed by atoms with Crippen LogP contribution in [0.25, 0.3) is 0 Å². The molecule has 1 aromatic rings. The van der Waals surface area contributed by atoms with Crippen LogP contribution in [0.4, 0.5) is 0 Å². The van der Waals surface area contributed by atoms with Crippen molar-refractivity contribution in [3.63, 3.8) is 0 Å². The highest BCUT2D eigenvalue weighted by Gasteiger charge is 2.32. The molecular formula is C11H17NO2S. The van der Waals surface area contributed by atoms with E-state index in [1.165, 1.54) is 11.3 Å². The summed E-state index contributed by atoms with van der Waals surface area (Å²) in [5, 5.41) is 2.69. The number of carbonyl (C=O) groups excluding carboxylic acids is 1. The fraction of sp³-hybridized carbons (Fsp3) is 0.636. The molecule has 0 bridgehead atoms. The van der Waals surface area contributed by atoms with E-state index in [0.29, 0.717) is 12.3 Å². The number of ether oxygens (including phenoxy) is 1. The molecule has 1 rings (SSSR count). The summed E-state index contributed by atoms with van der Waals surface area (Å²) in [7, 11) is 0. The average molecular weight is 227 g/mol. The summed E-state index contributed by atoms with van der Waals surface area (Å²) >= 11 is 1.50. The van der Waals surface area contributed by atoms with E-state index < -0.39 is 0 Å². The van der Waals surface area contributed by atoms with Gasteiger partial charge in [0.25, 0.3) is 0 Å². The second-order valence-electron chi connectivity index (χ2n) is 3.33. The SMILES string of the molecule is CCOC(CC)(CC)c1nc(C=O)cs1. The molecule has 1 heterocycles. The number of aromatic nitrogens is 1. The third kappa shape index (κ3) is 2.44. The first-order valence-electron chi connectivity index (χ1n) is 5.27. The first-order valence-corrected chi connectivity index (χ1v) is 6.15. The van der Waals surface area contributed by atoms with Gasteiger partial charge in [0.2, 0.25) is 0 Å². The van der Waals surface area contributed by atoms with Gasteiger partial charge in [-0.3, -0.25) is 4.79 Å². The first-order chi connectivity index (χ1) is 7.22. The molecule has 0 aliphatic carbocycles. The molecule has 4 heteroatoms. The molecule has 0 aliphatic heterocycles. The second-order valence-corrected chi connectivity index (χ2v) is 4.19. The Morgan fingerprint density at radius 3 is 2.53 bits per heavy atom. The maximum Gasteiger partial charge on any atom is 0.169 e. The molecule has 0 N–H and O–H groups in total. The van der Waals surface area contributed by atoms with Crippen LogP contribution < -0.4 is 0 Å². The van der Waals surface area contributed by atoms with E-state index in [0.717, 1.165) is 24.1 Å². The fourth-order valence-corrected chi connectivity index (χ4v) is 2.71. The number of thiazole rings is 1. The summed E-state index contributed by atoms with van der Waals surface area (Å²) in [6.45, 7) is 6.81. The standard InChI is InChI=1S/C11H17NO2S/c1-4-11(5-2,14-6-3)10-12-9(7-13)8-15-10/h7-8H,4-6H2,1-3H3. The lowest BCUT2D eigenvalue weighted by molar-refractivity contribution is -0.0506. The summed E-state index contributed by atoms with van der Waals surface area (Å²) in [4.78, 5) is 14.9. The highest BCUT2D eigenvalue weighted by molar-refractivity contribution is 7.10. The van der Waals surface area contributed by atoms with Gasteiger partial charge in [0.05, 0.1) is 0 Å². The van der Waals surface area contributed by atoms with Gasteiger partial charge in [-0.25, -0.2) is 4.98 Å². The molecular weight excluding hydrogens is 210 g/mol. The number of aldehydes is 1. The van der Waals surface area contributed by atoms with E-state index in [1.807, 2.05) is 6.92 Å². The van der Waals surface area contributed by atoms with Crippen molar-refractivity contribution in [1.82, 2.24) is 4.98 Å². The van der Waals surface area contributed by atoms with Crippen LogP contribution in [0.1, 0.15) is 49.1 Å². The maximum atomic E-state index is 10.6. The van der Waals surface area contributed by atoms with Crippen LogP contribution in [-0.4, -0.2) is 17.9 Å². The van der Waals surface area contributed by atoms with Gasteiger partial charge in [0, 0.05) is 12.0 Å². The van der Waals surface area contributed by atoms with Crippen molar-refractivity contribution in [3.8, 4) is 0 Å². The molecule has 15 heavy (non-hydrogen) atoms. The minimum atomic E-state index is -0.305. The van der Waals surface area contributed by atoms with Crippen molar-refractivity contribution in [2.45, 2.75) is 39.2 Å². The normalized spacial score (nSPS) is 11.7. The van der Waals surface area contributed by atoms with Crippen LogP contribution in [0, 0.1) is 0 Å². The van der Waals surface area contributed by atoms with Crippen LogP contribution in [0.15, 0.2) is 5.38 Å². The van der Waals surface area contributed by atoms with Gasteiger partial charge in [-0.15, -0.1) is 11.3 Å². The van der Waals surface area contributed by atoms with Crippen LogP contribution >= 0.6 is 11.3 Å². The predicted molar refractivity (Wildman–Crippen MR) is 61.4 cm³/mol. The van der Waals surface area contributed by atoms with Crippen LogP contribution in [0.2, 0.25) is 0 Å². The van der Waals surface area contributed by atoms with E-state index in [4.69, 9.17) is 4.74 Å². The third-order valence-electron chi connectivity index (χ3n) is 2.60. The Morgan fingerprint density at radius 1 is 1.47 bits per heavy atom. The van der Waals surface area contributed by atoms with Gasteiger partial charge in [0.1, 0.15) is 16.3 Å². The number of nitrogens with zero attached hydrogens (tertiary/aromatic N) is 1. The Bertz CT molecular complexity index is 318. The van der Waals surface area contributed by atoms with Crippen molar-refractivity contribution >= 4 is 17.6 Å². The molecule has 0 amide bonds.